The molecule has 4 rings (SSSR count). The summed E-state index contributed by atoms with van der Waals surface area (Å²) in [5, 5.41) is 4.97. The molecule has 3 aromatic rings. The van der Waals surface area contributed by atoms with Crippen molar-refractivity contribution in [2.75, 3.05) is 19.6 Å². The Bertz CT molecular complexity index is 929. The molecule has 0 unspecified atom stereocenters. The van der Waals surface area contributed by atoms with Crippen LogP contribution in [0.25, 0.3) is 11.3 Å². The Balaban J connectivity index is 1.48. The van der Waals surface area contributed by atoms with Gasteiger partial charge in [-0.25, -0.2) is 4.39 Å². The lowest BCUT2D eigenvalue weighted by molar-refractivity contribution is 0.282. The number of aromatic nitrogens is 2. The molecule has 4 heteroatoms. The second-order valence-corrected chi connectivity index (χ2v) is 8.25. The van der Waals surface area contributed by atoms with Crippen molar-refractivity contribution in [1.82, 2.24) is 14.7 Å². The minimum Gasteiger partial charge on any atom is -0.303 e. The Morgan fingerprint density at radius 2 is 1.69 bits per heavy atom. The molecule has 0 bridgehead atoms. The topological polar surface area (TPSA) is 21.1 Å². The molecule has 0 aliphatic carbocycles. The third kappa shape index (κ3) is 4.59. The smallest absolute Gasteiger partial charge is 0.123 e. The normalized spacial score (nSPS) is 14.8. The summed E-state index contributed by atoms with van der Waals surface area (Å²) < 4.78 is 15.6. The predicted octanol–water partition coefficient (Wildman–Crippen LogP) is 5.30. The van der Waals surface area contributed by atoms with E-state index in [1.165, 1.54) is 28.9 Å². The van der Waals surface area contributed by atoms with Crippen molar-refractivity contribution in [3.63, 3.8) is 0 Å². The largest absolute Gasteiger partial charge is 0.303 e. The standard InChI is InChI=1S/C25H30FN3/c1-19(2)29-25(21-10-12-22(26)13-11-21)23-14-17-28(18-15-24(23)27-29)16-6-9-20-7-4-3-5-8-20/h3-5,7-8,10-13,19H,6,9,14-18H2,1-2H3. The SMILES string of the molecule is CC(C)n1nc2c(c1-c1ccc(F)cc1)CCN(CCCc1ccccc1)CC2. The summed E-state index contributed by atoms with van der Waals surface area (Å²) in [5.41, 5.74) is 6.20. The number of hydrogen-bond donors (Lipinski definition) is 0. The molecule has 0 N–H and O–H groups in total. The molecule has 0 amide bonds. The van der Waals surface area contributed by atoms with Gasteiger partial charge in [0.15, 0.2) is 0 Å². The van der Waals surface area contributed by atoms with Gasteiger partial charge in [-0.2, -0.15) is 5.10 Å². The Morgan fingerprint density at radius 3 is 2.41 bits per heavy atom. The highest BCUT2D eigenvalue weighted by atomic mass is 19.1. The third-order valence-corrected chi connectivity index (χ3v) is 5.82. The second-order valence-electron chi connectivity index (χ2n) is 8.25. The van der Waals surface area contributed by atoms with Crippen LogP contribution in [0.5, 0.6) is 0 Å². The van der Waals surface area contributed by atoms with Gasteiger partial charge in [-0.1, -0.05) is 30.3 Å². The van der Waals surface area contributed by atoms with E-state index in [1.54, 1.807) is 12.1 Å². The number of fused-ring (bicyclic) bond motifs is 1. The Kier molecular flexibility index (Phi) is 6.10. The zero-order valence-corrected chi connectivity index (χ0v) is 17.4. The maximum absolute atomic E-state index is 13.5. The van der Waals surface area contributed by atoms with E-state index in [4.69, 9.17) is 5.10 Å². The molecule has 0 fully saturated rings. The summed E-state index contributed by atoms with van der Waals surface area (Å²) >= 11 is 0. The maximum Gasteiger partial charge on any atom is 0.123 e. The molecule has 1 aliphatic heterocycles. The van der Waals surface area contributed by atoms with Crippen LogP contribution >= 0.6 is 0 Å². The fourth-order valence-corrected chi connectivity index (χ4v) is 4.29. The Hall–Kier alpha value is -2.46. The molecule has 2 heterocycles. The van der Waals surface area contributed by atoms with Gasteiger partial charge in [-0.3, -0.25) is 4.68 Å². The van der Waals surface area contributed by atoms with Gasteiger partial charge in [0.2, 0.25) is 0 Å². The van der Waals surface area contributed by atoms with Gasteiger partial charge < -0.3 is 4.90 Å². The van der Waals surface area contributed by atoms with Crippen molar-refractivity contribution < 1.29 is 4.39 Å². The highest BCUT2D eigenvalue weighted by molar-refractivity contribution is 5.65. The Labute approximate surface area is 173 Å². The quantitative estimate of drug-likeness (QED) is 0.568. The number of nitrogens with zero attached hydrogens (tertiary/aromatic N) is 3. The summed E-state index contributed by atoms with van der Waals surface area (Å²) in [5.74, 6) is -0.194. The third-order valence-electron chi connectivity index (χ3n) is 5.82. The summed E-state index contributed by atoms with van der Waals surface area (Å²) in [4.78, 5) is 2.57. The minimum atomic E-state index is -0.194. The lowest BCUT2D eigenvalue weighted by atomic mass is 10.0. The van der Waals surface area contributed by atoms with E-state index in [0.717, 1.165) is 44.5 Å². The van der Waals surface area contributed by atoms with Gasteiger partial charge in [0.1, 0.15) is 5.82 Å². The average molecular weight is 392 g/mol. The van der Waals surface area contributed by atoms with Crippen LogP contribution in [0, 0.1) is 5.82 Å². The van der Waals surface area contributed by atoms with E-state index < -0.39 is 0 Å². The van der Waals surface area contributed by atoms with E-state index in [0.29, 0.717) is 0 Å². The number of aryl methyl sites for hydroxylation is 1. The van der Waals surface area contributed by atoms with Crippen molar-refractivity contribution in [3.8, 4) is 11.3 Å². The molecule has 29 heavy (non-hydrogen) atoms. The number of benzene rings is 2. The molecule has 3 nitrogen and oxygen atoms in total. The summed E-state index contributed by atoms with van der Waals surface area (Å²) in [6.07, 6.45) is 4.29. The van der Waals surface area contributed by atoms with Gasteiger partial charge in [-0.05, 0) is 69.5 Å². The molecule has 2 aromatic carbocycles. The second kappa shape index (κ2) is 8.91. The highest BCUT2D eigenvalue weighted by Gasteiger charge is 2.24. The van der Waals surface area contributed by atoms with Gasteiger partial charge in [0, 0.05) is 36.7 Å². The fourth-order valence-electron chi connectivity index (χ4n) is 4.29. The minimum absolute atomic E-state index is 0.194. The van der Waals surface area contributed by atoms with Gasteiger partial charge in [-0.15, -0.1) is 0 Å². The molecule has 1 aliphatic rings. The van der Waals surface area contributed by atoms with E-state index in [9.17, 15) is 4.39 Å². The van der Waals surface area contributed by atoms with Crippen molar-refractivity contribution in [3.05, 3.63) is 77.2 Å². The first-order valence-electron chi connectivity index (χ1n) is 10.7. The van der Waals surface area contributed by atoms with Crippen molar-refractivity contribution in [1.29, 1.82) is 0 Å². The first kappa shape index (κ1) is 19.8. The van der Waals surface area contributed by atoms with E-state index in [2.05, 4.69) is 53.8 Å². The zero-order chi connectivity index (χ0) is 20.2. The van der Waals surface area contributed by atoms with Crippen molar-refractivity contribution in [2.24, 2.45) is 0 Å². The van der Waals surface area contributed by atoms with Crippen LogP contribution in [0.4, 0.5) is 4.39 Å². The molecule has 1 aromatic heterocycles. The summed E-state index contributed by atoms with van der Waals surface area (Å²) in [6.45, 7) is 7.55. The molecular weight excluding hydrogens is 361 g/mol. The molecule has 0 spiro atoms. The maximum atomic E-state index is 13.5. The highest BCUT2D eigenvalue weighted by Crippen LogP contribution is 2.31. The van der Waals surface area contributed by atoms with Gasteiger partial charge in [0.25, 0.3) is 0 Å². The lowest BCUT2D eigenvalue weighted by Gasteiger charge is -2.20. The van der Waals surface area contributed by atoms with Crippen LogP contribution in [0.3, 0.4) is 0 Å². The molecule has 0 saturated heterocycles. The van der Waals surface area contributed by atoms with Crippen molar-refractivity contribution >= 4 is 0 Å². The first-order chi connectivity index (χ1) is 14.1. The number of hydrogen-bond acceptors (Lipinski definition) is 2. The van der Waals surface area contributed by atoms with Gasteiger partial charge >= 0.3 is 0 Å². The van der Waals surface area contributed by atoms with Crippen LogP contribution < -0.4 is 0 Å². The molecule has 0 atom stereocenters. The number of rotatable bonds is 6. The van der Waals surface area contributed by atoms with E-state index >= 15 is 0 Å². The number of halogens is 1. The van der Waals surface area contributed by atoms with Crippen molar-refractivity contribution in [2.45, 2.75) is 45.6 Å². The van der Waals surface area contributed by atoms with Gasteiger partial charge in [0.05, 0.1) is 11.4 Å². The fraction of sp³-hybridized carbons (Fsp3) is 0.400. The molecule has 152 valence electrons. The lowest BCUT2D eigenvalue weighted by Crippen LogP contribution is -2.28. The summed E-state index contributed by atoms with van der Waals surface area (Å²) in [6, 6.07) is 17.9. The average Bonchev–Trinajstić information content (AvgIpc) is 2.98. The van der Waals surface area contributed by atoms with Crippen LogP contribution in [-0.2, 0) is 19.3 Å². The Morgan fingerprint density at radius 1 is 0.966 bits per heavy atom. The van der Waals surface area contributed by atoms with Crippen LogP contribution in [0.1, 0.15) is 43.1 Å². The zero-order valence-electron chi connectivity index (χ0n) is 17.4. The predicted molar refractivity (Wildman–Crippen MR) is 117 cm³/mol. The van der Waals surface area contributed by atoms with Crippen LogP contribution in [-0.4, -0.2) is 34.3 Å². The molecular formula is C25H30FN3. The summed E-state index contributed by atoms with van der Waals surface area (Å²) in [7, 11) is 0. The molecule has 0 radical (unpaired) electrons. The first-order valence-corrected chi connectivity index (χ1v) is 10.7. The van der Waals surface area contributed by atoms with Crippen LogP contribution in [0.15, 0.2) is 54.6 Å². The monoisotopic (exact) mass is 391 g/mol. The molecule has 0 saturated carbocycles. The van der Waals surface area contributed by atoms with Crippen LogP contribution in [0.2, 0.25) is 0 Å². The van der Waals surface area contributed by atoms with E-state index in [1.807, 2.05) is 12.1 Å². The van der Waals surface area contributed by atoms with E-state index in [-0.39, 0.29) is 11.9 Å².